The number of hydrogen-bond acceptors (Lipinski definition) is 4. The number of hydrogen-bond donors (Lipinski definition) is 1. The zero-order chi connectivity index (χ0) is 14.2. The van der Waals surface area contributed by atoms with Crippen molar-refractivity contribution in [3.63, 3.8) is 0 Å². The highest BCUT2D eigenvalue weighted by Gasteiger charge is 2.18. The fourth-order valence-electron chi connectivity index (χ4n) is 1.54. The quantitative estimate of drug-likeness (QED) is 0.872. The van der Waals surface area contributed by atoms with Crippen LogP contribution in [0.2, 0.25) is 0 Å². The molecular formula is C12H14BrNO2S3. The van der Waals surface area contributed by atoms with Crippen molar-refractivity contribution in [1.82, 2.24) is 4.72 Å². The van der Waals surface area contributed by atoms with Crippen molar-refractivity contribution in [3.05, 3.63) is 36.8 Å². The highest BCUT2D eigenvalue weighted by Crippen LogP contribution is 2.30. The van der Waals surface area contributed by atoms with Crippen LogP contribution in [0.25, 0.3) is 0 Å². The summed E-state index contributed by atoms with van der Waals surface area (Å²) in [5, 5.41) is 0. The van der Waals surface area contributed by atoms with Gasteiger partial charge in [0.1, 0.15) is 4.21 Å². The molecule has 0 aliphatic carbocycles. The van der Waals surface area contributed by atoms with Crippen LogP contribution >= 0.6 is 38.6 Å². The van der Waals surface area contributed by atoms with Crippen molar-refractivity contribution >= 4 is 48.6 Å². The molecule has 2 aromatic heterocycles. The monoisotopic (exact) mass is 379 g/mol. The number of sulfonamides is 1. The van der Waals surface area contributed by atoms with E-state index in [-0.39, 0.29) is 0 Å². The van der Waals surface area contributed by atoms with Crippen molar-refractivity contribution in [3.8, 4) is 0 Å². The zero-order valence-corrected chi connectivity index (χ0v) is 14.8. The van der Waals surface area contributed by atoms with E-state index in [4.69, 9.17) is 0 Å². The van der Waals surface area contributed by atoms with Crippen molar-refractivity contribution in [2.45, 2.75) is 31.5 Å². The standard InChI is InChI=1S/C12H14BrNO2S3/c1-7-4-10(17-9(7)3)6-14-19(15,16)11-5-8(2)12(13)18-11/h4-5,14H,6H2,1-3H3. The van der Waals surface area contributed by atoms with Crippen LogP contribution < -0.4 is 4.72 Å². The number of thiophene rings is 2. The molecule has 0 amide bonds. The number of aryl methyl sites for hydroxylation is 3. The topological polar surface area (TPSA) is 46.2 Å². The Bertz CT molecular complexity index is 662. The van der Waals surface area contributed by atoms with E-state index in [9.17, 15) is 8.42 Å². The van der Waals surface area contributed by atoms with Gasteiger partial charge in [-0.05, 0) is 60.0 Å². The predicted molar refractivity (Wildman–Crippen MR) is 84.6 cm³/mol. The van der Waals surface area contributed by atoms with Crippen molar-refractivity contribution in [1.29, 1.82) is 0 Å². The van der Waals surface area contributed by atoms with Crippen LogP contribution in [-0.2, 0) is 16.6 Å². The van der Waals surface area contributed by atoms with E-state index in [1.165, 1.54) is 21.8 Å². The summed E-state index contributed by atoms with van der Waals surface area (Å²) in [5.74, 6) is 0. The summed E-state index contributed by atoms with van der Waals surface area (Å²) in [5.41, 5.74) is 2.14. The Hall–Kier alpha value is -0.210. The molecule has 0 unspecified atom stereocenters. The van der Waals surface area contributed by atoms with E-state index >= 15 is 0 Å². The van der Waals surface area contributed by atoms with Crippen LogP contribution in [0.15, 0.2) is 20.1 Å². The molecular weight excluding hydrogens is 366 g/mol. The number of rotatable bonds is 4. The predicted octanol–water partition coefficient (Wildman–Crippen LogP) is 3.98. The van der Waals surface area contributed by atoms with Gasteiger partial charge in [-0.2, -0.15) is 0 Å². The minimum absolute atomic E-state index is 0.343. The molecule has 0 aromatic carbocycles. The molecule has 0 radical (unpaired) electrons. The SMILES string of the molecule is Cc1cc(CNS(=O)(=O)c2cc(C)c(Br)s2)sc1C. The van der Waals surface area contributed by atoms with Crippen LogP contribution in [0.5, 0.6) is 0 Å². The summed E-state index contributed by atoms with van der Waals surface area (Å²) in [7, 11) is -3.42. The molecule has 3 nitrogen and oxygen atoms in total. The van der Waals surface area contributed by atoms with E-state index < -0.39 is 10.0 Å². The van der Waals surface area contributed by atoms with E-state index in [0.29, 0.717) is 10.8 Å². The second kappa shape index (κ2) is 5.65. The van der Waals surface area contributed by atoms with Crippen molar-refractivity contribution in [2.24, 2.45) is 0 Å². The van der Waals surface area contributed by atoms with E-state index in [2.05, 4.69) is 20.7 Å². The summed E-state index contributed by atoms with van der Waals surface area (Å²) in [6.45, 7) is 6.29. The van der Waals surface area contributed by atoms with Gasteiger partial charge in [-0.15, -0.1) is 22.7 Å². The lowest BCUT2D eigenvalue weighted by Crippen LogP contribution is -2.21. The van der Waals surface area contributed by atoms with E-state index in [1.807, 2.05) is 26.8 Å². The molecule has 104 valence electrons. The van der Waals surface area contributed by atoms with Gasteiger partial charge in [-0.3, -0.25) is 0 Å². The first kappa shape index (κ1) is 15.2. The minimum Gasteiger partial charge on any atom is -0.206 e. The molecule has 2 aromatic rings. The van der Waals surface area contributed by atoms with Gasteiger partial charge >= 0.3 is 0 Å². The maximum atomic E-state index is 12.1. The molecule has 0 saturated carbocycles. The third-order valence-electron chi connectivity index (χ3n) is 2.75. The summed E-state index contributed by atoms with van der Waals surface area (Å²) < 4.78 is 28.1. The Balaban J connectivity index is 2.14. The summed E-state index contributed by atoms with van der Waals surface area (Å²) in [6.07, 6.45) is 0. The second-order valence-corrected chi connectivity index (χ2v) is 10.0. The van der Waals surface area contributed by atoms with Gasteiger partial charge in [0.15, 0.2) is 0 Å². The molecule has 0 bridgehead atoms. The lowest BCUT2D eigenvalue weighted by molar-refractivity contribution is 0.584. The Morgan fingerprint density at radius 2 is 1.84 bits per heavy atom. The first-order valence-electron chi connectivity index (χ1n) is 5.61. The Labute approximate surface area is 129 Å². The molecule has 19 heavy (non-hydrogen) atoms. The van der Waals surface area contributed by atoms with Crippen LogP contribution in [0.1, 0.15) is 20.9 Å². The molecule has 0 spiro atoms. The van der Waals surface area contributed by atoms with Crippen molar-refractivity contribution in [2.75, 3.05) is 0 Å². The van der Waals surface area contributed by atoms with Gasteiger partial charge < -0.3 is 0 Å². The van der Waals surface area contributed by atoms with Gasteiger partial charge in [-0.1, -0.05) is 0 Å². The van der Waals surface area contributed by atoms with E-state index in [0.717, 1.165) is 14.2 Å². The van der Waals surface area contributed by atoms with Gasteiger partial charge in [0.25, 0.3) is 0 Å². The molecule has 0 aliphatic rings. The maximum Gasteiger partial charge on any atom is 0.250 e. The third kappa shape index (κ3) is 3.46. The minimum atomic E-state index is -3.42. The van der Waals surface area contributed by atoms with Crippen LogP contribution in [0, 0.1) is 20.8 Å². The highest BCUT2D eigenvalue weighted by atomic mass is 79.9. The molecule has 1 N–H and O–H groups in total. The lowest BCUT2D eigenvalue weighted by Gasteiger charge is -2.02. The Morgan fingerprint density at radius 3 is 2.32 bits per heavy atom. The molecule has 0 atom stereocenters. The molecule has 0 saturated heterocycles. The van der Waals surface area contributed by atoms with Crippen LogP contribution in [0.3, 0.4) is 0 Å². The smallest absolute Gasteiger partial charge is 0.206 e. The van der Waals surface area contributed by atoms with Crippen LogP contribution in [-0.4, -0.2) is 8.42 Å². The second-order valence-electron chi connectivity index (χ2n) is 4.30. The Kier molecular flexibility index (Phi) is 4.52. The van der Waals surface area contributed by atoms with Gasteiger partial charge in [-0.25, -0.2) is 13.1 Å². The van der Waals surface area contributed by atoms with E-state index in [1.54, 1.807) is 17.4 Å². The molecule has 0 fully saturated rings. The zero-order valence-electron chi connectivity index (χ0n) is 10.8. The largest absolute Gasteiger partial charge is 0.250 e. The molecule has 2 heterocycles. The van der Waals surface area contributed by atoms with Gasteiger partial charge in [0, 0.05) is 16.3 Å². The first-order chi connectivity index (χ1) is 8.79. The number of halogens is 1. The average molecular weight is 380 g/mol. The third-order valence-corrected chi connectivity index (χ3v) is 7.92. The first-order valence-corrected chi connectivity index (χ1v) is 9.52. The normalized spacial score (nSPS) is 12.0. The summed E-state index contributed by atoms with van der Waals surface area (Å²) >= 11 is 6.21. The van der Waals surface area contributed by atoms with Crippen LogP contribution in [0.4, 0.5) is 0 Å². The van der Waals surface area contributed by atoms with Gasteiger partial charge in [0.05, 0.1) is 3.79 Å². The average Bonchev–Trinajstić information content (AvgIpc) is 2.82. The molecule has 2 rings (SSSR count). The highest BCUT2D eigenvalue weighted by molar-refractivity contribution is 9.11. The fourth-order valence-corrected chi connectivity index (χ4v) is 5.90. The van der Waals surface area contributed by atoms with Crippen molar-refractivity contribution < 1.29 is 8.42 Å². The number of nitrogens with one attached hydrogen (secondary N) is 1. The summed E-state index contributed by atoms with van der Waals surface area (Å²) in [4.78, 5) is 2.26. The Morgan fingerprint density at radius 1 is 1.16 bits per heavy atom. The maximum absolute atomic E-state index is 12.1. The fraction of sp³-hybridized carbons (Fsp3) is 0.333. The molecule has 0 aliphatic heterocycles. The lowest BCUT2D eigenvalue weighted by atomic mass is 10.3. The van der Waals surface area contributed by atoms with Gasteiger partial charge in [0.2, 0.25) is 10.0 Å². The summed E-state index contributed by atoms with van der Waals surface area (Å²) in [6, 6.07) is 3.71. The molecule has 7 heteroatoms.